The van der Waals surface area contributed by atoms with Gasteiger partial charge in [-0.3, -0.25) is 0 Å². The van der Waals surface area contributed by atoms with Gasteiger partial charge in [0.05, 0.1) is 46.0 Å². The molecule has 0 fully saturated rings. The molecule has 0 aliphatic heterocycles. The van der Waals surface area contributed by atoms with E-state index in [-0.39, 0.29) is 0 Å². The van der Waals surface area contributed by atoms with Gasteiger partial charge in [-0.1, -0.05) is 31.9 Å². The van der Waals surface area contributed by atoms with Crippen molar-refractivity contribution in [3.05, 3.63) is 77.1 Å². The molecule has 3 aromatic carbocycles. The van der Waals surface area contributed by atoms with E-state index in [0.29, 0.717) is 13.1 Å². The van der Waals surface area contributed by atoms with Crippen molar-refractivity contribution in [3.8, 4) is 23.0 Å². The van der Waals surface area contributed by atoms with Crippen LogP contribution < -0.4 is 30.0 Å². The molecule has 244 valence electrons. The van der Waals surface area contributed by atoms with Crippen LogP contribution in [0.3, 0.4) is 0 Å². The first-order chi connectivity index (χ1) is 22.5. The minimum atomic E-state index is 0.517. The zero-order chi connectivity index (χ0) is 32.5. The fourth-order valence-corrected chi connectivity index (χ4v) is 5.94. The van der Waals surface area contributed by atoms with Gasteiger partial charge in [0.1, 0.15) is 34.3 Å². The van der Waals surface area contributed by atoms with E-state index in [1.165, 1.54) is 5.56 Å². The lowest BCUT2D eigenvalue weighted by Gasteiger charge is -2.16. The maximum Gasteiger partial charge on any atom is 0.155 e. The number of rotatable bonds is 17. The standard InChI is InChI=1S/C37H47N5O4/c1-6-7-12-34-41-35-36(42(34)24-27-15-17-29(44-3)22-33(27)46-5)30-18-13-25(11-9-8-10-19-38)20-31(30)40-37(35)39-23-26-14-16-28(43-2)21-32(26)45-4/h13-18,20-22H,6-12,19,23-24,38H2,1-5H3,(H,39,40). The number of methoxy groups -OCH3 is 4. The van der Waals surface area contributed by atoms with E-state index in [0.717, 1.165) is 119 Å². The van der Waals surface area contributed by atoms with Crippen molar-refractivity contribution in [2.45, 2.75) is 65.0 Å². The van der Waals surface area contributed by atoms with Crippen LogP contribution in [0.5, 0.6) is 23.0 Å². The molecule has 0 atom stereocenters. The highest BCUT2D eigenvalue weighted by Gasteiger charge is 2.21. The van der Waals surface area contributed by atoms with E-state index in [1.54, 1.807) is 28.4 Å². The zero-order valence-corrected chi connectivity index (χ0v) is 27.8. The molecule has 0 unspecified atom stereocenters. The Kier molecular flexibility index (Phi) is 11.2. The Balaban J connectivity index is 1.65. The van der Waals surface area contributed by atoms with Gasteiger partial charge in [0.15, 0.2) is 5.82 Å². The molecule has 0 spiro atoms. The summed E-state index contributed by atoms with van der Waals surface area (Å²) >= 11 is 0. The second-order valence-corrected chi connectivity index (χ2v) is 11.5. The summed E-state index contributed by atoms with van der Waals surface area (Å²) in [6.07, 6.45) is 7.22. The molecule has 5 aromatic rings. The highest BCUT2D eigenvalue weighted by molar-refractivity contribution is 6.07. The number of aromatic nitrogens is 3. The Morgan fingerprint density at radius 2 is 1.46 bits per heavy atom. The number of hydrogen-bond acceptors (Lipinski definition) is 8. The first-order valence-electron chi connectivity index (χ1n) is 16.2. The minimum Gasteiger partial charge on any atom is -0.497 e. The van der Waals surface area contributed by atoms with Crippen molar-refractivity contribution >= 4 is 27.8 Å². The van der Waals surface area contributed by atoms with Crippen LogP contribution in [0.2, 0.25) is 0 Å². The van der Waals surface area contributed by atoms with Crippen molar-refractivity contribution in [2.24, 2.45) is 5.73 Å². The summed E-state index contributed by atoms with van der Waals surface area (Å²) in [4.78, 5) is 10.5. The molecule has 9 nitrogen and oxygen atoms in total. The fraction of sp³-hybridized carbons (Fsp3) is 0.405. The lowest BCUT2D eigenvalue weighted by atomic mass is 10.0. The van der Waals surface area contributed by atoms with E-state index in [2.05, 4.69) is 41.1 Å². The number of fused-ring (bicyclic) bond motifs is 3. The molecule has 0 saturated heterocycles. The number of nitrogens with two attached hydrogens (primary N) is 1. The fourth-order valence-electron chi connectivity index (χ4n) is 5.94. The van der Waals surface area contributed by atoms with Crippen LogP contribution in [-0.4, -0.2) is 49.5 Å². The third kappa shape index (κ3) is 7.31. The molecular formula is C37H47N5O4. The third-order valence-electron chi connectivity index (χ3n) is 8.51. The highest BCUT2D eigenvalue weighted by atomic mass is 16.5. The van der Waals surface area contributed by atoms with E-state index < -0.39 is 0 Å². The molecule has 0 aliphatic carbocycles. The number of unbranched alkanes of at least 4 members (excludes halogenated alkanes) is 3. The molecule has 0 aliphatic rings. The number of aryl methyl sites for hydroxylation is 2. The van der Waals surface area contributed by atoms with Gasteiger partial charge in [-0.2, -0.15) is 0 Å². The molecule has 46 heavy (non-hydrogen) atoms. The Bertz CT molecular complexity index is 1770. The van der Waals surface area contributed by atoms with Gasteiger partial charge in [0, 0.05) is 41.6 Å². The predicted molar refractivity (Wildman–Crippen MR) is 186 cm³/mol. The van der Waals surface area contributed by atoms with Crippen LogP contribution in [0, 0.1) is 0 Å². The van der Waals surface area contributed by atoms with E-state index in [1.807, 2.05) is 30.3 Å². The van der Waals surface area contributed by atoms with Crippen LogP contribution >= 0.6 is 0 Å². The molecule has 3 N–H and O–H groups in total. The number of nitrogens with zero attached hydrogens (tertiary/aromatic N) is 3. The Hall–Kier alpha value is -4.50. The number of imidazole rings is 1. The molecular weight excluding hydrogens is 578 g/mol. The van der Waals surface area contributed by atoms with Gasteiger partial charge >= 0.3 is 0 Å². The second-order valence-electron chi connectivity index (χ2n) is 11.5. The molecule has 0 amide bonds. The third-order valence-corrected chi connectivity index (χ3v) is 8.51. The SMILES string of the molecule is CCCCc1nc2c(NCc3ccc(OC)cc3OC)nc3cc(CCCCCN)ccc3c2n1Cc1ccc(OC)cc1OC. The Morgan fingerprint density at radius 3 is 2.13 bits per heavy atom. The smallest absolute Gasteiger partial charge is 0.155 e. The van der Waals surface area contributed by atoms with E-state index in [9.17, 15) is 0 Å². The lowest BCUT2D eigenvalue weighted by molar-refractivity contribution is 0.390. The van der Waals surface area contributed by atoms with Crippen molar-refractivity contribution in [3.63, 3.8) is 0 Å². The summed E-state index contributed by atoms with van der Waals surface area (Å²) in [5.74, 6) is 4.82. The first kappa shape index (κ1) is 32.9. The average Bonchev–Trinajstić information content (AvgIpc) is 3.46. The van der Waals surface area contributed by atoms with Crippen molar-refractivity contribution < 1.29 is 18.9 Å². The van der Waals surface area contributed by atoms with Gasteiger partial charge in [0.2, 0.25) is 0 Å². The molecule has 2 heterocycles. The number of nitrogens with one attached hydrogen (secondary N) is 1. The van der Waals surface area contributed by atoms with Crippen LogP contribution in [0.15, 0.2) is 54.6 Å². The Labute approximate surface area is 272 Å². The van der Waals surface area contributed by atoms with Crippen molar-refractivity contribution in [1.82, 2.24) is 14.5 Å². The minimum absolute atomic E-state index is 0.517. The van der Waals surface area contributed by atoms with E-state index in [4.69, 9.17) is 34.6 Å². The van der Waals surface area contributed by atoms with E-state index >= 15 is 0 Å². The number of benzene rings is 3. The molecule has 0 radical (unpaired) electrons. The molecule has 5 rings (SSSR count). The molecule has 2 aromatic heterocycles. The quantitative estimate of drug-likeness (QED) is 0.104. The largest absolute Gasteiger partial charge is 0.497 e. The van der Waals surface area contributed by atoms with Crippen LogP contribution in [0.25, 0.3) is 21.9 Å². The lowest BCUT2D eigenvalue weighted by Crippen LogP contribution is -2.08. The van der Waals surface area contributed by atoms with Gasteiger partial charge in [-0.05, 0) is 68.1 Å². The van der Waals surface area contributed by atoms with Crippen molar-refractivity contribution in [1.29, 1.82) is 0 Å². The average molecular weight is 626 g/mol. The number of ether oxygens (including phenoxy) is 4. The monoisotopic (exact) mass is 625 g/mol. The zero-order valence-electron chi connectivity index (χ0n) is 27.8. The molecule has 9 heteroatoms. The summed E-state index contributed by atoms with van der Waals surface area (Å²) in [6.45, 7) is 4.06. The van der Waals surface area contributed by atoms with Gasteiger partial charge in [-0.15, -0.1) is 0 Å². The van der Waals surface area contributed by atoms with Gasteiger partial charge in [0.25, 0.3) is 0 Å². The van der Waals surface area contributed by atoms with Crippen LogP contribution in [0.1, 0.15) is 61.5 Å². The second kappa shape index (κ2) is 15.7. The predicted octanol–water partition coefficient (Wildman–Crippen LogP) is 7.29. The first-order valence-corrected chi connectivity index (χ1v) is 16.2. The summed E-state index contributed by atoms with van der Waals surface area (Å²) in [7, 11) is 6.70. The number of hydrogen-bond donors (Lipinski definition) is 2. The summed E-state index contributed by atoms with van der Waals surface area (Å²) in [5.41, 5.74) is 11.9. The number of anilines is 1. The maximum absolute atomic E-state index is 5.81. The topological polar surface area (TPSA) is 106 Å². The molecule has 0 saturated carbocycles. The summed E-state index contributed by atoms with van der Waals surface area (Å²) in [5, 5.41) is 4.70. The molecule has 0 bridgehead atoms. The Morgan fingerprint density at radius 1 is 0.739 bits per heavy atom. The maximum atomic E-state index is 5.81. The normalized spacial score (nSPS) is 11.3. The van der Waals surface area contributed by atoms with Crippen LogP contribution in [-0.2, 0) is 25.9 Å². The summed E-state index contributed by atoms with van der Waals surface area (Å²) < 4.78 is 24.7. The van der Waals surface area contributed by atoms with Gasteiger partial charge in [-0.25, -0.2) is 9.97 Å². The highest BCUT2D eigenvalue weighted by Crippen LogP contribution is 2.35. The van der Waals surface area contributed by atoms with Crippen LogP contribution in [0.4, 0.5) is 5.82 Å². The number of pyridine rings is 1. The van der Waals surface area contributed by atoms with Crippen molar-refractivity contribution in [2.75, 3.05) is 40.3 Å². The summed E-state index contributed by atoms with van der Waals surface area (Å²) in [6, 6.07) is 18.5. The van der Waals surface area contributed by atoms with Gasteiger partial charge < -0.3 is 34.6 Å².